The molecule has 1 unspecified atom stereocenters. The maximum absolute atomic E-state index is 12.4. The molecular weight excluding hydrogens is 294 g/mol. The number of aryl methyl sites for hydroxylation is 2. The summed E-state index contributed by atoms with van der Waals surface area (Å²) in [5.41, 5.74) is 1.60. The number of nitrogens with one attached hydrogen (secondary N) is 1. The minimum Gasteiger partial charge on any atom is -0.381 e. The smallest absolute Gasteiger partial charge is 0.261 e. The molecule has 1 aromatic carbocycles. The van der Waals surface area contributed by atoms with Gasteiger partial charge in [-0.05, 0) is 25.0 Å². The van der Waals surface area contributed by atoms with Gasteiger partial charge in [0.25, 0.3) is 5.56 Å². The molecule has 23 heavy (non-hydrogen) atoms. The van der Waals surface area contributed by atoms with Crippen LogP contribution in [0.25, 0.3) is 10.9 Å². The number of amides is 1. The Morgan fingerprint density at radius 3 is 3.13 bits per heavy atom. The summed E-state index contributed by atoms with van der Waals surface area (Å²) in [4.78, 5) is 28.7. The van der Waals surface area contributed by atoms with Crippen LogP contribution in [0, 0.1) is 12.8 Å². The molecule has 6 nitrogen and oxygen atoms in total. The Morgan fingerprint density at radius 1 is 1.48 bits per heavy atom. The average molecular weight is 315 g/mol. The van der Waals surface area contributed by atoms with E-state index in [1.807, 2.05) is 19.1 Å². The number of ether oxygens (including phenoxy) is 1. The van der Waals surface area contributed by atoms with E-state index >= 15 is 0 Å². The number of aromatic nitrogens is 2. The zero-order chi connectivity index (χ0) is 16.2. The van der Waals surface area contributed by atoms with Gasteiger partial charge in [-0.25, -0.2) is 4.98 Å². The van der Waals surface area contributed by atoms with Crippen LogP contribution >= 0.6 is 0 Å². The summed E-state index contributed by atoms with van der Waals surface area (Å²) < 4.78 is 6.78. The van der Waals surface area contributed by atoms with Gasteiger partial charge in [-0.2, -0.15) is 0 Å². The molecule has 1 aliphatic heterocycles. The van der Waals surface area contributed by atoms with Crippen LogP contribution < -0.4 is 10.9 Å². The molecular formula is C17H21N3O3. The van der Waals surface area contributed by atoms with E-state index in [0.717, 1.165) is 24.1 Å². The van der Waals surface area contributed by atoms with Crippen LogP contribution in [-0.4, -0.2) is 35.2 Å². The topological polar surface area (TPSA) is 73.2 Å². The van der Waals surface area contributed by atoms with Gasteiger partial charge in [-0.1, -0.05) is 12.1 Å². The second-order valence-electron chi connectivity index (χ2n) is 6.00. The standard InChI is InChI=1S/C17H21N3O3/c1-12-3-2-4-14-16(12)19-11-20(17(14)22)7-5-15(21)18-9-13-6-8-23-10-13/h2-4,11,13H,5-10H2,1H3,(H,18,21). The predicted molar refractivity (Wildman–Crippen MR) is 87.3 cm³/mol. The molecule has 3 rings (SSSR count). The first kappa shape index (κ1) is 15.7. The molecule has 1 fully saturated rings. The number of para-hydroxylation sites is 1. The van der Waals surface area contributed by atoms with E-state index in [4.69, 9.17) is 4.74 Å². The molecule has 0 radical (unpaired) electrons. The highest BCUT2D eigenvalue weighted by Gasteiger charge is 2.16. The molecule has 0 spiro atoms. The molecule has 6 heteroatoms. The Balaban J connectivity index is 1.61. The first-order valence-electron chi connectivity index (χ1n) is 7.94. The molecule has 122 valence electrons. The van der Waals surface area contributed by atoms with Crippen LogP contribution in [0.3, 0.4) is 0 Å². The van der Waals surface area contributed by atoms with Crippen molar-refractivity contribution >= 4 is 16.8 Å². The van der Waals surface area contributed by atoms with Crippen molar-refractivity contribution in [2.45, 2.75) is 26.3 Å². The van der Waals surface area contributed by atoms with Crippen molar-refractivity contribution in [2.24, 2.45) is 5.92 Å². The van der Waals surface area contributed by atoms with Gasteiger partial charge in [0, 0.05) is 32.0 Å². The summed E-state index contributed by atoms with van der Waals surface area (Å²) in [5.74, 6) is 0.361. The molecule has 1 aliphatic rings. The maximum atomic E-state index is 12.4. The molecule has 0 bridgehead atoms. The molecule has 0 aliphatic carbocycles. The summed E-state index contributed by atoms with van der Waals surface area (Å²) >= 11 is 0. The van der Waals surface area contributed by atoms with E-state index in [-0.39, 0.29) is 17.9 Å². The van der Waals surface area contributed by atoms with Gasteiger partial charge >= 0.3 is 0 Å². The van der Waals surface area contributed by atoms with E-state index < -0.39 is 0 Å². The molecule has 2 heterocycles. The van der Waals surface area contributed by atoms with Crippen LogP contribution in [0.2, 0.25) is 0 Å². The second kappa shape index (κ2) is 6.91. The molecule has 0 saturated carbocycles. The monoisotopic (exact) mass is 315 g/mol. The van der Waals surface area contributed by atoms with Crippen LogP contribution in [0.5, 0.6) is 0 Å². The predicted octanol–water partition coefficient (Wildman–Crippen LogP) is 1.25. The normalized spacial score (nSPS) is 17.5. The van der Waals surface area contributed by atoms with Crippen molar-refractivity contribution in [3.8, 4) is 0 Å². The fourth-order valence-corrected chi connectivity index (χ4v) is 2.81. The summed E-state index contributed by atoms with van der Waals surface area (Å²) in [6.45, 7) is 4.40. The highest BCUT2D eigenvalue weighted by atomic mass is 16.5. The van der Waals surface area contributed by atoms with Gasteiger partial charge in [-0.3, -0.25) is 14.2 Å². The van der Waals surface area contributed by atoms with Gasteiger partial charge < -0.3 is 10.1 Å². The number of benzene rings is 1. The third-order valence-corrected chi connectivity index (χ3v) is 4.25. The quantitative estimate of drug-likeness (QED) is 0.901. The molecule has 1 N–H and O–H groups in total. The molecule has 1 amide bonds. The van der Waals surface area contributed by atoms with E-state index in [1.54, 1.807) is 6.07 Å². The van der Waals surface area contributed by atoms with Gasteiger partial charge in [0.15, 0.2) is 0 Å². The Bertz CT molecular complexity index is 763. The fraction of sp³-hybridized carbons (Fsp3) is 0.471. The van der Waals surface area contributed by atoms with Crippen LogP contribution in [-0.2, 0) is 16.1 Å². The van der Waals surface area contributed by atoms with Crippen molar-refractivity contribution in [2.75, 3.05) is 19.8 Å². The summed E-state index contributed by atoms with van der Waals surface area (Å²) in [7, 11) is 0. The number of nitrogens with zero attached hydrogens (tertiary/aromatic N) is 2. The van der Waals surface area contributed by atoms with Gasteiger partial charge in [0.1, 0.15) is 0 Å². The largest absolute Gasteiger partial charge is 0.381 e. The van der Waals surface area contributed by atoms with Gasteiger partial charge in [0.05, 0.1) is 23.8 Å². The summed E-state index contributed by atoms with van der Waals surface area (Å²) in [6.07, 6.45) is 2.79. The summed E-state index contributed by atoms with van der Waals surface area (Å²) in [6, 6.07) is 5.55. The number of fused-ring (bicyclic) bond motifs is 1. The minimum atomic E-state index is -0.101. The highest BCUT2D eigenvalue weighted by Crippen LogP contribution is 2.12. The van der Waals surface area contributed by atoms with E-state index in [9.17, 15) is 9.59 Å². The lowest BCUT2D eigenvalue weighted by atomic mass is 10.1. The zero-order valence-corrected chi connectivity index (χ0v) is 13.2. The Hall–Kier alpha value is -2.21. The Kier molecular flexibility index (Phi) is 4.71. The van der Waals surface area contributed by atoms with Crippen molar-refractivity contribution in [3.63, 3.8) is 0 Å². The average Bonchev–Trinajstić information content (AvgIpc) is 3.06. The van der Waals surface area contributed by atoms with Crippen LogP contribution in [0.1, 0.15) is 18.4 Å². The number of rotatable bonds is 5. The van der Waals surface area contributed by atoms with Crippen molar-refractivity contribution in [3.05, 3.63) is 40.4 Å². The van der Waals surface area contributed by atoms with E-state index in [0.29, 0.717) is 31.0 Å². The molecule has 1 atom stereocenters. The number of hydrogen-bond acceptors (Lipinski definition) is 4. The Labute approximate surface area is 134 Å². The third kappa shape index (κ3) is 3.59. The second-order valence-corrected chi connectivity index (χ2v) is 6.00. The van der Waals surface area contributed by atoms with Crippen LogP contribution in [0.4, 0.5) is 0 Å². The SMILES string of the molecule is Cc1cccc2c(=O)n(CCC(=O)NCC3CCOC3)cnc12. The third-order valence-electron chi connectivity index (χ3n) is 4.25. The summed E-state index contributed by atoms with van der Waals surface area (Å²) in [5, 5.41) is 3.50. The van der Waals surface area contributed by atoms with Crippen molar-refractivity contribution < 1.29 is 9.53 Å². The molecule has 1 aromatic heterocycles. The van der Waals surface area contributed by atoms with Crippen LogP contribution in [0.15, 0.2) is 29.3 Å². The van der Waals surface area contributed by atoms with E-state index in [1.165, 1.54) is 10.9 Å². The molecule has 1 saturated heterocycles. The number of carbonyl (C=O) groups excluding carboxylic acids is 1. The number of hydrogen-bond donors (Lipinski definition) is 1. The van der Waals surface area contributed by atoms with Gasteiger partial charge in [-0.15, -0.1) is 0 Å². The number of carbonyl (C=O) groups is 1. The molecule has 2 aromatic rings. The lowest BCUT2D eigenvalue weighted by molar-refractivity contribution is -0.121. The lowest BCUT2D eigenvalue weighted by Gasteiger charge is -2.10. The fourth-order valence-electron chi connectivity index (χ4n) is 2.81. The lowest BCUT2D eigenvalue weighted by Crippen LogP contribution is -2.31. The first-order chi connectivity index (χ1) is 11.1. The van der Waals surface area contributed by atoms with Gasteiger partial charge in [0.2, 0.25) is 5.91 Å². The van der Waals surface area contributed by atoms with E-state index in [2.05, 4.69) is 10.3 Å². The first-order valence-corrected chi connectivity index (χ1v) is 7.94. The zero-order valence-electron chi connectivity index (χ0n) is 13.2. The minimum absolute atomic E-state index is 0.0480. The highest BCUT2D eigenvalue weighted by molar-refractivity contribution is 5.80. The Morgan fingerprint density at radius 2 is 2.35 bits per heavy atom. The maximum Gasteiger partial charge on any atom is 0.261 e. The van der Waals surface area contributed by atoms with Crippen molar-refractivity contribution in [1.82, 2.24) is 14.9 Å². The van der Waals surface area contributed by atoms with Crippen molar-refractivity contribution in [1.29, 1.82) is 0 Å².